The van der Waals surface area contributed by atoms with E-state index in [0.29, 0.717) is 18.5 Å². The lowest BCUT2D eigenvalue weighted by atomic mass is 10.1. The quantitative estimate of drug-likeness (QED) is 0.784. The molecule has 0 saturated carbocycles. The summed E-state index contributed by atoms with van der Waals surface area (Å²) in [6.07, 6.45) is 0.926. The van der Waals surface area contributed by atoms with Gasteiger partial charge in [0.2, 0.25) is 0 Å². The predicted molar refractivity (Wildman–Crippen MR) is 81.6 cm³/mol. The third kappa shape index (κ3) is 5.62. The van der Waals surface area contributed by atoms with Gasteiger partial charge in [-0.25, -0.2) is 0 Å². The van der Waals surface area contributed by atoms with E-state index in [4.69, 9.17) is 10.5 Å². The Kier molecular flexibility index (Phi) is 6.89. The Bertz CT molecular complexity index is 348. The second-order valence-corrected chi connectivity index (χ2v) is 5.50. The summed E-state index contributed by atoms with van der Waals surface area (Å²) in [4.78, 5) is 2.34. The molecule has 1 aromatic rings. The van der Waals surface area contributed by atoms with Crippen LogP contribution in [0.4, 0.5) is 0 Å². The Hall–Kier alpha value is -1.06. The highest BCUT2D eigenvalue weighted by atomic mass is 16.5. The molecule has 0 spiro atoms. The van der Waals surface area contributed by atoms with Gasteiger partial charge in [-0.15, -0.1) is 0 Å². The van der Waals surface area contributed by atoms with Crippen LogP contribution in [0, 0.1) is 5.92 Å². The van der Waals surface area contributed by atoms with Gasteiger partial charge in [0.1, 0.15) is 12.4 Å². The van der Waals surface area contributed by atoms with Gasteiger partial charge in [-0.1, -0.05) is 26.0 Å². The van der Waals surface area contributed by atoms with E-state index in [9.17, 15) is 0 Å². The van der Waals surface area contributed by atoms with E-state index in [1.165, 1.54) is 5.56 Å². The Labute approximate surface area is 117 Å². The molecule has 0 bridgehead atoms. The fourth-order valence-electron chi connectivity index (χ4n) is 1.94. The molecule has 3 nitrogen and oxygen atoms in total. The summed E-state index contributed by atoms with van der Waals surface area (Å²) >= 11 is 0. The molecule has 108 valence electrons. The highest BCUT2D eigenvalue weighted by Crippen LogP contribution is 2.13. The lowest BCUT2D eigenvalue weighted by Gasteiger charge is -2.27. The number of rotatable bonds is 8. The Morgan fingerprint density at radius 3 is 2.32 bits per heavy atom. The minimum Gasteiger partial charge on any atom is -0.492 e. The summed E-state index contributed by atoms with van der Waals surface area (Å²) in [5.41, 5.74) is 6.79. The van der Waals surface area contributed by atoms with Gasteiger partial charge in [-0.05, 0) is 50.6 Å². The minimum atomic E-state index is 0.579. The van der Waals surface area contributed by atoms with Gasteiger partial charge in [0, 0.05) is 12.6 Å². The topological polar surface area (TPSA) is 38.5 Å². The maximum Gasteiger partial charge on any atom is 0.119 e. The molecule has 1 rings (SSSR count). The van der Waals surface area contributed by atoms with Crippen LogP contribution in [-0.4, -0.2) is 37.7 Å². The van der Waals surface area contributed by atoms with Crippen molar-refractivity contribution in [3.05, 3.63) is 29.8 Å². The molecule has 2 N–H and O–H groups in total. The summed E-state index contributed by atoms with van der Waals surface area (Å²) in [6, 6.07) is 8.80. The number of hydrogen-bond acceptors (Lipinski definition) is 3. The molecule has 0 heterocycles. The molecule has 0 amide bonds. The van der Waals surface area contributed by atoms with Crippen molar-refractivity contribution in [2.24, 2.45) is 11.7 Å². The van der Waals surface area contributed by atoms with Crippen LogP contribution in [0.5, 0.6) is 5.75 Å². The number of benzene rings is 1. The van der Waals surface area contributed by atoms with Crippen LogP contribution >= 0.6 is 0 Å². The Morgan fingerprint density at radius 1 is 1.16 bits per heavy atom. The molecule has 1 aromatic carbocycles. The third-order valence-corrected chi connectivity index (χ3v) is 3.73. The zero-order valence-corrected chi connectivity index (χ0v) is 12.7. The normalized spacial score (nSPS) is 13.0. The van der Waals surface area contributed by atoms with Crippen LogP contribution in [-0.2, 0) is 6.42 Å². The van der Waals surface area contributed by atoms with E-state index in [2.05, 4.69) is 44.9 Å². The summed E-state index contributed by atoms with van der Waals surface area (Å²) in [5.74, 6) is 1.60. The molecular weight excluding hydrogens is 236 g/mol. The van der Waals surface area contributed by atoms with Crippen molar-refractivity contribution in [2.45, 2.75) is 33.2 Å². The number of ether oxygens (including phenoxy) is 1. The molecule has 3 heteroatoms. The second kappa shape index (κ2) is 8.18. The first-order valence-corrected chi connectivity index (χ1v) is 7.16. The number of nitrogens with two attached hydrogens (primary N) is 1. The number of likely N-dealkylation sites (N-methyl/N-ethyl adjacent to an activating group) is 1. The zero-order valence-electron chi connectivity index (χ0n) is 12.7. The van der Waals surface area contributed by atoms with E-state index in [1.54, 1.807) is 0 Å². The van der Waals surface area contributed by atoms with E-state index in [1.807, 2.05) is 12.1 Å². The standard InChI is InChI=1S/C16H28N2O/c1-13(2)14(3)18(4)11-12-19-16-7-5-15(6-8-16)9-10-17/h5-8,13-14H,9-12,17H2,1-4H3. The van der Waals surface area contributed by atoms with Crippen molar-refractivity contribution in [1.29, 1.82) is 0 Å². The molecule has 0 aromatic heterocycles. The molecule has 1 atom stereocenters. The van der Waals surface area contributed by atoms with E-state index in [-0.39, 0.29) is 0 Å². The molecule has 0 aliphatic heterocycles. The van der Waals surface area contributed by atoms with Crippen LogP contribution in [0.2, 0.25) is 0 Å². The maximum absolute atomic E-state index is 5.77. The lowest BCUT2D eigenvalue weighted by Crippen LogP contribution is -2.36. The van der Waals surface area contributed by atoms with Crippen molar-refractivity contribution in [1.82, 2.24) is 4.90 Å². The number of nitrogens with zero attached hydrogens (tertiary/aromatic N) is 1. The van der Waals surface area contributed by atoms with Crippen molar-refractivity contribution in [3.8, 4) is 5.75 Å². The monoisotopic (exact) mass is 264 g/mol. The van der Waals surface area contributed by atoms with Gasteiger partial charge in [0.15, 0.2) is 0 Å². The van der Waals surface area contributed by atoms with E-state index < -0.39 is 0 Å². The maximum atomic E-state index is 5.77. The van der Waals surface area contributed by atoms with Gasteiger partial charge < -0.3 is 15.4 Å². The molecule has 0 aliphatic rings. The fourth-order valence-corrected chi connectivity index (χ4v) is 1.94. The summed E-state index contributed by atoms with van der Waals surface area (Å²) in [7, 11) is 2.15. The molecule has 0 saturated heterocycles. The van der Waals surface area contributed by atoms with Crippen LogP contribution in [0.25, 0.3) is 0 Å². The summed E-state index contributed by atoms with van der Waals surface area (Å²) in [6.45, 7) is 9.12. The van der Waals surface area contributed by atoms with Gasteiger partial charge in [0.25, 0.3) is 0 Å². The van der Waals surface area contributed by atoms with Crippen LogP contribution in [0.1, 0.15) is 26.3 Å². The predicted octanol–water partition coefficient (Wildman–Crippen LogP) is 2.54. The molecule has 1 unspecified atom stereocenters. The van der Waals surface area contributed by atoms with Gasteiger partial charge in [-0.2, -0.15) is 0 Å². The van der Waals surface area contributed by atoms with Crippen LogP contribution in [0.15, 0.2) is 24.3 Å². The largest absolute Gasteiger partial charge is 0.492 e. The Morgan fingerprint density at radius 2 is 1.79 bits per heavy atom. The first kappa shape index (κ1) is 16.0. The smallest absolute Gasteiger partial charge is 0.119 e. The fraction of sp³-hybridized carbons (Fsp3) is 0.625. The highest BCUT2D eigenvalue weighted by Gasteiger charge is 2.12. The van der Waals surface area contributed by atoms with E-state index >= 15 is 0 Å². The average Bonchev–Trinajstić information content (AvgIpc) is 2.40. The second-order valence-electron chi connectivity index (χ2n) is 5.50. The van der Waals surface area contributed by atoms with Crippen molar-refractivity contribution in [2.75, 3.05) is 26.7 Å². The first-order valence-electron chi connectivity index (χ1n) is 7.16. The van der Waals surface area contributed by atoms with Gasteiger partial charge >= 0.3 is 0 Å². The number of hydrogen-bond donors (Lipinski definition) is 1. The Balaban J connectivity index is 2.32. The van der Waals surface area contributed by atoms with Gasteiger partial charge in [0.05, 0.1) is 0 Å². The SMILES string of the molecule is CC(C)C(C)N(C)CCOc1ccc(CCN)cc1. The molecular formula is C16H28N2O. The van der Waals surface area contributed by atoms with Crippen LogP contribution in [0.3, 0.4) is 0 Å². The summed E-state index contributed by atoms with van der Waals surface area (Å²) in [5, 5.41) is 0. The summed E-state index contributed by atoms with van der Waals surface area (Å²) < 4.78 is 5.77. The highest BCUT2D eigenvalue weighted by molar-refractivity contribution is 5.27. The molecule has 19 heavy (non-hydrogen) atoms. The molecule has 0 fully saturated rings. The minimum absolute atomic E-state index is 0.579. The lowest BCUT2D eigenvalue weighted by molar-refractivity contribution is 0.170. The van der Waals surface area contributed by atoms with Crippen molar-refractivity contribution < 1.29 is 4.74 Å². The first-order chi connectivity index (χ1) is 9.04. The van der Waals surface area contributed by atoms with Gasteiger partial charge in [-0.3, -0.25) is 0 Å². The molecule has 0 radical (unpaired) electrons. The average molecular weight is 264 g/mol. The van der Waals surface area contributed by atoms with Crippen LogP contribution < -0.4 is 10.5 Å². The zero-order chi connectivity index (χ0) is 14.3. The van der Waals surface area contributed by atoms with Crippen molar-refractivity contribution >= 4 is 0 Å². The molecule has 0 aliphatic carbocycles. The third-order valence-electron chi connectivity index (χ3n) is 3.73. The van der Waals surface area contributed by atoms with Crippen molar-refractivity contribution in [3.63, 3.8) is 0 Å². The van der Waals surface area contributed by atoms with E-state index in [0.717, 1.165) is 25.3 Å².